The summed E-state index contributed by atoms with van der Waals surface area (Å²) in [6, 6.07) is 0. The molecule has 132 valence electrons. The Morgan fingerprint density at radius 1 is 1.26 bits per heavy atom. The summed E-state index contributed by atoms with van der Waals surface area (Å²) < 4.78 is 9.03. The van der Waals surface area contributed by atoms with E-state index in [1.807, 2.05) is 0 Å². The van der Waals surface area contributed by atoms with E-state index >= 15 is 0 Å². The molecule has 0 radical (unpaired) electrons. The minimum absolute atomic E-state index is 0.122. The van der Waals surface area contributed by atoms with Crippen molar-refractivity contribution >= 4 is 18.0 Å². The van der Waals surface area contributed by atoms with Crippen LogP contribution in [0.15, 0.2) is 12.2 Å². The van der Waals surface area contributed by atoms with Gasteiger partial charge in [-0.05, 0) is 13.3 Å². The zero-order chi connectivity index (χ0) is 18.4. The number of nitrogens with two attached hydrogens (primary N) is 1. The van der Waals surface area contributed by atoms with Crippen molar-refractivity contribution in [2.45, 2.75) is 44.2 Å². The van der Waals surface area contributed by atoms with Crippen molar-refractivity contribution in [3.8, 4) is 0 Å². The molecule has 0 bridgehead atoms. The normalized spacial score (nSPS) is 17.3. The van der Waals surface area contributed by atoms with E-state index in [4.69, 9.17) is 4.74 Å². The van der Waals surface area contributed by atoms with E-state index in [0.717, 1.165) is 0 Å². The predicted octanol–water partition coefficient (Wildman–Crippen LogP) is -1.48. The van der Waals surface area contributed by atoms with Gasteiger partial charge in [0.05, 0.1) is 0 Å². The van der Waals surface area contributed by atoms with Gasteiger partial charge in [0.2, 0.25) is 5.60 Å². The van der Waals surface area contributed by atoms with Gasteiger partial charge < -0.3 is 35.6 Å². The average molecular weight is 335 g/mol. The number of carbonyl (C=O) groups is 3. The standard InChI is InChI=1S/C13H21NO9/c1-4-13(11(19)20,23-10(18)6(2)3)9(17)8(16)7(15)5-22-12(14)21/h7-9,15-17H,2,4-5H2,1,3H3,(H2,14,21)(H,19,20)/t7-,8-,9+,13-/m1/s1. The van der Waals surface area contributed by atoms with Gasteiger partial charge >= 0.3 is 18.0 Å². The van der Waals surface area contributed by atoms with Crippen LogP contribution in [0.5, 0.6) is 0 Å². The first kappa shape index (κ1) is 20.8. The summed E-state index contributed by atoms with van der Waals surface area (Å²) in [6.07, 6.45) is -7.81. The Bertz CT molecular complexity index is 478. The van der Waals surface area contributed by atoms with Crippen molar-refractivity contribution in [3.05, 3.63) is 12.2 Å². The van der Waals surface area contributed by atoms with Gasteiger partial charge in [0.15, 0.2) is 0 Å². The molecule has 0 aromatic rings. The molecular weight excluding hydrogens is 314 g/mol. The number of aliphatic hydroxyl groups is 3. The summed E-state index contributed by atoms with van der Waals surface area (Å²) in [4.78, 5) is 33.5. The Balaban J connectivity index is 5.38. The number of aliphatic hydroxyl groups excluding tert-OH is 3. The van der Waals surface area contributed by atoms with Gasteiger partial charge in [-0.1, -0.05) is 13.5 Å². The molecule has 0 fully saturated rings. The van der Waals surface area contributed by atoms with Gasteiger partial charge in [-0.25, -0.2) is 14.4 Å². The maximum atomic E-state index is 11.6. The molecule has 0 unspecified atom stereocenters. The molecule has 10 heteroatoms. The highest BCUT2D eigenvalue weighted by Crippen LogP contribution is 2.26. The molecule has 23 heavy (non-hydrogen) atoms. The second-order valence-electron chi connectivity index (χ2n) is 4.85. The number of amides is 1. The number of rotatable bonds is 9. The van der Waals surface area contributed by atoms with Crippen LogP contribution in [0, 0.1) is 0 Å². The molecule has 10 nitrogen and oxygen atoms in total. The van der Waals surface area contributed by atoms with Gasteiger partial charge in [0.25, 0.3) is 0 Å². The molecule has 0 aliphatic heterocycles. The summed E-state index contributed by atoms with van der Waals surface area (Å²) in [5, 5.41) is 38.9. The number of primary amides is 1. The van der Waals surface area contributed by atoms with Crippen molar-refractivity contribution in [3.63, 3.8) is 0 Å². The van der Waals surface area contributed by atoms with Crippen LogP contribution < -0.4 is 5.73 Å². The lowest BCUT2D eigenvalue weighted by Gasteiger charge is -2.36. The molecule has 0 saturated heterocycles. The maximum absolute atomic E-state index is 11.6. The first-order valence-electron chi connectivity index (χ1n) is 6.58. The zero-order valence-electron chi connectivity index (χ0n) is 12.8. The summed E-state index contributed by atoms with van der Waals surface area (Å²) in [7, 11) is 0. The molecule has 0 aliphatic rings. The lowest BCUT2D eigenvalue weighted by atomic mass is 9.87. The number of carboxylic acid groups (broad SMARTS) is 1. The predicted molar refractivity (Wildman–Crippen MR) is 75.1 cm³/mol. The molecular formula is C13H21NO9. The Kier molecular flexibility index (Phi) is 7.66. The van der Waals surface area contributed by atoms with Gasteiger partial charge in [0.1, 0.15) is 24.9 Å². The molecule has 0 aromatic heterocycles. The third kappa shape index (κ3) is 5.20. The lowest BCUT2D eigenvalue weighted by Crippen LogP contribution is -2.60. The van der Waals surface area contributed by atoms with Crippen LogP contribution in [-0.2, 0) is 19.1 Å². The largest absolute Gasteiger partial charge is 0.478 e. The number of hydrogen-bond acceptors (Lipinski definition) is 8. The monoisotopic (exact) mass is 335 g/mol. The van der Waals surface area contributed by atoms with Crippen LogP contribution in [0.1, 0.15) is 20.3 Å². The SMILES string of the molecule is C=C(C)C(=O)O[C@@](CC)(C(=O)O)[C@@H](O)[C@H](O)[C@H](O)COC(N)=O. The number of hydrogen-bond donors (Lipinski definition) is 5. The van der Waals surface area contributed by atoms with Crippen molar-refractivity contribution in [2.75, 3.05) is 6.61 Å². The molecule has 4 atom stereocenters. The fraction of sp³-hybridized carbons (Fsp3) is 0.615. The minimum atomic E-state index is -2.52. The molecule has 0 saturated carbocycles. The summed E-state index contributed by atoms with van der Waals surface area (Å²) in [5.74, 6) is -2.83. The van der Waals surface area contributed by atoms with Crippen LogP contribution in [0.2, 0.25) is 0 Å². The highest BCUT2D eigenvalue weighted by atomic mass is 16.6. The van der Waals surface area contributed by atoms with Gasteiger partial charge in [-0.2, -0.15) is 0 Å². The minimum Gasteiger partial charge on any atom is -0.478 e. The lowest BCUT2D eigenvalue weighted by molar-refractivity contribution is -0.207. The Morgan fingerprint density at radius 2 is 1.78 bits per heavy atom. The van der Waals surface area contributed by atoms with E-state index in [9.17, 15) is 34.8 Å². The quantitative estimate of drug-likeness (QED) is 0.248. The van der Waals surface area contributed by atoms with Crippen molar-refractivity contribution in [1.82, 2.24) is 0 Å². The van der Waals surface area contributed by atoms with Crippen LogP contribution in [0.3, 0.4) is 0 Å². The third-order valence-corrected chi connectivity index (χ3v) is 3.10. The van der Waals surface area contributed by atoms with E-state index < -0.39 is 55.0 Å². The average Bonchev–Trinajstić information content (AvgIpc) is 2.47. The van der Waals surface area contributed by atoms with Gasteiger partial charge in [0, 0.05) is 5.57 Å². The number of esters is 1. The fourth-order valence-electron chi connectivity index (χ4n) is 1.67. The first-order chi connectivity index (χ1) is 10.5. The molecule has 1 amide bonds. The van der Waals surface area contributed by atoms with Crippen LogP contribution in [-0.4, -0.2) is 69.0 Å². The molecule has 0 aliphatic carbocycles. The maximum Gasteiger partial charge on any atom is 0.404 e. The number of carboxylic acids is 1. The summed E-state index contributed by atoms with van der Waals surface area (Å²) in [5.41, 5.74) is 2.04. The van der Waals surface area contributed by atoms with Gasteiger partial charge in [-0.15, -0.1) is 0 Å². The first-order valence-corrected chi connectivity index (χ1v) is 6.58. The summed E-state index contributed by atoms with van der Waals surface area (Å²) >= 11 is 0. The third-order valence-electron chi connectivity index (χ3n) is 3.10. The highest BCUT2D eigenvalue weighted by Gasteiger charge is 2.52. The number of ether oxygens (including phenoxy) is 2. The topological polar surface area (TPSA) is 177 Å². The van der Waals surface area contributed by atoms with Crippen LogP contribution in [0.25, 0.3) is 0 Å². The second kappa shape index (κ2) is 8.46. The smallest absolute Gasteiger partial charge is 0.404 e. The van der Waals surface area contributed by atoms with E-state index in [1.165, 1.54) is 13.8 Å². The van der Waals surface area contributed by atoms with E-state index in [1.54, 1.807) is 0 Å². The highest BCUT2D eigenvalue weighted by molar-refractivity contribution is 5.90. The van der Waals surface area contributed by atoms with Crippen LogP contribution >= 0.6 is 0 Å². The Morgan fingerprint density at radius 3 is 2.13 bits per heavy atom. The van der Waals surface area contributed by atoms with Gasteiger partial charge in [-0.3, -0.25) is 0 Å². The molecule has 0 aromatic carbocycles. The molecule has 0 rings (SSSR count). The molecule has 0 spiro atoms. The molecule has 6 N–H and O–H groups in total. The van der Waals surface area contributed by atoms with Crippen molar-refractivity contribution < 1.29 is 44.3 Å². The Hall–Kier alpha value is -2.17. The summed E-state index contributed by atoms with van der Waals surface area (Å²) in [6.45, 7) is 5.06. The number of carbonyl (C=O) groups excluding carboxylic acids is 2. The van der Waals surface area contributed by atoms with E-state index in [-0.39, 0.29) is 5.57 Å². The fourth-order valence-corrected chi connectivity index (χ4v) is 1.67. The van der Waals surface area contributed by atoms with Crippen LogP contribution in [0.4, 0.5) is 4.79 Å². The van der Waals surface area contributed by atoms with E-state index in [0.29, 0.717) is 0 Å². The number of aliphatic carboxylic acids is 1. The van der Waals surface area contributed by atoms with Crippen molar-refractivity contribution in [1.29, 1.82) is 0 Å². The molecule has 0 heterocycles. The van der Waals surface area contributed by atoms with E-state index in [2.05, 4.69) is 17.0 Å². The zero-order valence-corrected chi connectivity index (χ0v) is 12.8. The Labute approximate surface area is 132 Å². The van der Waals surface area contributed by atoms with Crippen molar-refractivity contribution in [2.24, 2.45) is 5.73 Å². The second-order valence-corrected chi connectivity index (χ2v) is 4.85.